The van der Waals surface area contributed by atoms with Crippen molar-refractivity contribution in [3.8, 4) is 0 Å². The lowest BCUT2D eigenvalue weighted by molar-refractivity contribution is 0.0943. The molecule has 0 spiro atoms. The van der Waals surface area contributed by atoms with Crippen molar-refractivity contribution in [1.82, 2.24) is 19.4 Å². The quantitative estimate of drug-likeness (QED) is 0.762. The molecule has 6 nitrogen and oxygen atoms in total. The number of hydrogen-bond acceptors (Lipinski definition) is 3. The first-order valence-corrected chi connectivity index (χ1v) is 7.45. The van der Waals surface area contributed by atoms with E-state index >= 15 is 0 Å². The fourth-order valence-corrected chi connectivity index (χ4v) is 2.47. The molecule has 2 aromatic rings. The van der Waals surface area contributed by atoms with Crippen LogP contribution in [-0.4, -0.2) is 26.6 Å². The first kappa shape index (κ1) is 13.7. The van der Waals surface area contributed by atoms with Crippen LogP contribution in [0.2, 0.25) is 0 Å². The minimum atomic E-state index is -0.0266. The molecule has 1 saturated carbocycles. The molecule has 0 atom stereocenters. The average Bonchev–Trinajstić information content (AvgIpc) is 3.03. The number of nitrogens with two attached hydrogens (primary N) is 1. The molecule has 2 heterocycles. The van der Waals surface area contributed by atoms with Crippen LogP contribution in [0.15, 0.2) is 31.0 Å². The number of nitrogens with one attached hydrogen (secondary N) is 1. The second-order valence-corrected chi connectivity index (χ2v) is 5.56. The van der Waals surface area contributed by atoms with Crippen LogP contribution < -0.4 is 11.1 Å². The van der Waals surface area contributed by atoms with E-state index in [0.29, 0.717) is 24.0 Å². The highest BCUT2D eigenvalue weighted by Gasteiger charge is 2.27. The van der Waals surface area contributed by atoms with Crippen molar-refractivity contribution in [3.05, 3.63) is 36.7 Å². The lowest BCUT2D eigenvalue weighted by Gasteiger charge is -2.08. The Morgan fingerprint density at radius 3 is 3.00 bits per heavy atom. The second kappa shape index (κ2) is 6.03. The van der Waals surface area contributed by atoms with Gasteiger partial charge in [0.25, 0.3) is 5.91 Å². The smallest absolute Gasteiger partial charge is 0.267 e. The summed E-state index contributed by atoms with van der Waals surface area (Å²) < 4.78 is 4.05. The molecule has 0 radical (unpaired) electrons. The van der Waals surface area contributed by atoms with E-state index in [1.807, 2.05) is 27.9 Å². The van der Waals surface area contributed by atoms with Crippen LogP contribution >= 0.6 is 0 Å². The number of aryl methyl sites for hydroxylation is 1. The van der Waals surface area contributed by atoms with Gasteiger partial charge in [0.2, 0.25) is 0 Å². The van der Waals surface area contributed by atoms with E-state index in [-0.39, 0.29) is 5.91 Å². The number of anilines is 1. The zero-order chi connectivity index (χ0) is 14.7. The van der Waals surface area contributed by atoms with Crippen LogP contribution in [0.3, 0.4) is 0 Å². The van der Waals surface area contributed by atoms with Crippen LogP contribution in [0.25, 0.3) is 0 Å². The van der Waals surface area contributed by atoms with Gasteiger partial charge in [0.1, 0.15) is 5.69 Å². The number of nitrogen functional groups attached to an aromatic ring is 1. The summed E-state index contributed by atoms with van der Waals surface area (Å²) in [6, 6.07) is 2.23. The van der Waals surface area contributed by atoms with Crippen molar-refractivity contribution in [2.75, 3.05) is 12.3 Å². The van der Waals surface area contributed by atoms with Crippen molar-refractivity contribution >= 4 is 11.6 Å². The van der Waals surface area contributed by atoms with Crippen molar-refractivity contribution in [2.45, 2.75) is 38.3 Å². The highest BCUT2D eigenvalue weighted by Crippen LogP contribution is 2.37. The zero-order valence-corrected chi connectivity index (χ0v) is 12.0. The summed E-state index contributed by atoms with van der Waals surface area (Å²) in [5.41, 5.74) is 7.15. The van der Waals surface area contributed by atoms with E-state index in [1.54, 1.807) is 12.3 Å². The molecule has 21 heavy (non-hydrogen) atoms. The zero-order valence-electron chi connectivity index (χ0n) is 12.0. The molecule has 2 aromatic heterocycles. The Morgan fingerprint density at radius 2 is 2.29 bits per heavy atom. The number of rotatable bonds is 7. The van der Waals surface area contributed by atoms with Crippen LogP contribution in [0, 0.1) is 0 Å². The maximum absolute atomic E-state index is 12.2. The second-order valence-electron chi connectivity index (χ2n) is 5.56. The summed E-state index contributed by atoms with van der Waals surface area (Å²) in [5, 5.41) is 2.98. The molecular weight excluding hydrogens is 266 g/mol. The monoisotopic (exact) mass is 287 g/mol. The predicted molar refractivity (Wildman–Crippen MR) is 80.9 cm³/mol. The summed E-state index contributed by atoms with van der Waals surface area (Å²) in [5.74, 6) is -0.0266. The van der Waals surface area contributed by atoms with Gasteiger partial charge in [-0.2, -0.15) is 0 Å². The molecule has 0 aromatic carbocycles. The van der Waals surface area contributed by atoms with Crippen LogP contribution in [0.1, 0.15) is 42.2 Å². The normalized spacial score (nSPS) is 14.3. The maximum atomic E-state index is 12.2. The van der Waals surface area contributed by atoms with Gasteiger partial charge in [-0.3, -0.25) is 4.79 Å². The van der Waals surface area contributed by atoms with Gasteiger partial charge >= 0.3 is 0 Å². The highest BCUT2D eigenvalue weighted by atomic mass is 16.1. The fourth-order valence-electron chi connectivity index (χ4n) is 2.47. The molecule has 6 heteroatoms. The third kappa shape index (κ3) is 3.45. The highest BCUT2D eigenvalue weighted by molar-refractivity contribution is 5.93. The number of imidazole rings is 1. The van der Waals surface area contributed by atoms with Gasteiger partial charge in [-0.25, -0.2) is 4.98 Å². The molecule has 3 N–H and O–H groups in total. The molecule has 112 valence electrons. The SMILES string of the molecule is Nc1cc(C(=O)NCCCCn2ccnc2)n(C2CC2)c1. The van der Waals surface area contributed by atoms with Gasteiger partial charge in [-0.15, -0.1) is 0 Å². The number of nitrogens with zero attached hydrogens (tertiary/aromatic N) is 3. The van der Waals surface area contributed by atoms with Gasteiger partial charge in [0.15, 0.2) is 0 Å². The van der Waals surface area contributed by atoms with Gasteiger partial charge < -0.3 is 20.2 Å². The van der Waals surface area contributed by atoms with E-state index in [2.05, 4.69) is 10.3 Å². The van der Waals surface area contributed by atoms with Gasteiger partial charge in [0, 0.05) is 37.7 Å². The van der Waals surface area contributed by atoms with Gasteiger partial charge in [-0.1, -0.05) is 0 Å². The van der Waals surface area contributed by atoms with Gasteiger partial charge in [-0.05, 0) is 31.7 Å². The summed E-state index contributed by atoms with van der Waals surface area (Å²) in [7, 11) is 0. The Hall–Kier alpha value is -2.24. The summed E-state index contributed by atoms with van der Waals surface area (Å²) >= 11 is 0. The molecule has 1 fully saturated rings. The summed E-state index contributed by atoms with van der Waals surface area (Å²) in [6.07, 6.45) is 11.6. The van der Waals surface area contributed by atoms with Crippen molar-refractivity contribution in [3.63, 3.8) is 0 Å². The van der Waals surface area contributed by atoms with Crippen molar-refractivity contribution < 1.29 is 4.79 Å². The number of unbranched alkanes of at least 4 members (excludes halogenated alkanes) is 1. The van der Waals surface area contributed by atoms with E-state index in [4.69, 9.17) is 5.73 Å². The number of aromatic nitrogens is 3. The minimum Gasteiger partial charge on any atom is -0.397 e. The van der Waals surface area contributed by atoms with E-state index in [1.165, 1.54) is 0 Å². The summed E-state index contributed by atoms with van der Waals surface area (Å²) in [4.78, 5) is 16.2. The van der Waals surface area contributed by atoms with Crippen molar-refractivity contribution in [1.29, 1.82) is 0 Å². The number of carbonyl (C=O) groups is 1. The molecule has 0 saturated heterocycles. The lowest BCUT2D eigenvalue weighted by Crippen LogP contribution is -2.26. The molecule has 1 amide bonds. The molecule has 0 aliphatic heterocycles. The van der Waals surface area contributed by atoms with Crippen LogP contribution in [-0.2, 0) is 6.54 Å². The molecule has 1 aliphatic carbocycles. The molecule has 0 unspecified atom stereocenters. The number of hydrogen-bond donors (Lipinski definition) is 2. The maximum Gasteiger partial charge on any atom is 0.267 e. The number of amides is 1. The molecule has 1 aliphatic rings. The molecule has 0 bridgehead atoms. The topological polar surface area (TPSA) is 77.9 Å². The van der Waals surface area contributed by atoms with E-state index in [9.17, 15) is 4.79 Å². The third-order valence-electron chi connectivity index (χ3n) is 3.73. The van der Waals surface area contributed by atoms with Crippen LogP contribution in [0.5, 0.6) is 0 Å². The first-order valence-electron chi connectivity index (χ1n) is 7.45. The van der Waals surface area contributed by atoms with Crippen molar-refractivity contribution in [2.24, 2.45) is 0 Å². The standard InChI is InChI=1S/C15H21N5O/c16-12-9-14(20(10-12)13-3-4-13)15(21)18-5-1-2-7-19-8-6-17-11-19/h6,8-11,13H,1-5,7,16H2,(H,18,21). The molecule has 3 rings (SSSR count). The number of carbonyl (C=O) groups excluding carboxylic acids is 1. The summed E-state index contributed by atoms with van der Waals surface area (Å²) in [6.45, 7) is 1.62. The molecular formula is C15H21N5O. The fraction of sp³-hybridized carbons (Fsp3) is 0.467. The Bertz CT molecular complexity index is 598. The van der Waals surface area contributed by atoms with Gasteiger partial charge in [0.05, 0.1) is 12.0 Å². The Kier molecular flexibility index (Phi) is 3.94. The minimum absolute atomic E-state index is 0.0266. The Labute approximate surface area is 124 Å². The van der Waals surface area contributed by atoms with Crippen LogP contribution in [0.4, 0.5) is 5.69 Å². The Balaban J connectivity index is 1.44. The predicted octanol–water partition coefficient (Wildman–Crippen LogP) is 1.81. The average molecular weight is 287 g/mol. The van der Waals surface area contributed by atoms with E-state index in [0.717, 1.165) is 32.2 Å². The largest absolute Gasteiger partial charge is 0.397 e. The first-order chi connectivity index (χ1) is 10.2. The van der Waals surface area contributed by atoms with E-state index < -0.39 is 0 Å². The third-order valence-corrected chi connectivity index (χ3v) is 3.73. The lowest BCUT2D eigenvalue weighted by atomic mass is 10.3. The Morgan fingerprint density at radius 1 is 1.43 bits per heavy atom.